The van der Waals surface area contributed by atoms with Crippen molar-refractivity contribution in [2.75, 3.05) is 24.5 Å². The first kappa shape index (κ1) is 13.8. The molecule has 1 aromatic heterocycles. The smallest absolute Gasteiger partial charge is 0.269 e. The molecule has 2 rings (SSSR count). The van der Waals surface area contributed by atoms with E-state index >= 15 is 0 Å². The summed E-state index contributed by atoms with van der Waals surface area (Å²) in [5, 5.41) is 2.84. The molecule has 1 aromatic rings. The molecular weight excluding hydrogens is 238 g/mol. The lowest BCUT2D eigenvalue weighted by Crippen LogP contribution is -2.34. The molecule has 0 aliphatic carbocycles. The number of carbonyl (C=O) groups excluding carboxylic acids is 1. The zero-order valence-corrected chi connectivity index (χ0v) is 11.9. The number of piperidine rings is 1. The summed E-state index contributed by atoms with van der Waals surface area (Å²) in [4.78, 5) is 18.4. The SMILES string of the molecule is CCCNC(=O)c1ccc(N2CCCC(C)C2)cn1. The zero-order chi connectivity index (χ0) is 13.7. The second-order valence-electron chi connectivity index (χ2n) is 5.35. The van der Waals surface area contributed by atoms with Crippen LogP contribution >= 0.6 is 0 Å². The first-order valence-corrected chi connectivity index (χ1v) is 7.20. The number of carbonyl (C=O) groups is 1. The molecule has 1 amide bonds. The van der Waals surface area contributed by atoms with Gasteiger partial charge in [0.05, 0.1) is 11.9 Å². The van der Waals surface area contributed by atoms with Gasteiger partial charge < -0.3 is 10.2 Å². The van der Waals surface area contributed by atoms with Crippen LogP contribution < -0.4 is 10.2 Å². The fourth-order valence-electron chi connectivity index (χ4n) is 2.46. The molecule has 1 aliphatic heterocycles. The highest BCUT2D eigenvalue weighted by atomic mass is 16.1. The number of amides is 1. The molecule has 2 heterocycles. The molecule has 104 valence electrons. The third-order valence-corrected chi connectivity index (χ3v) is 3.54. The molecule has 0 spiro atoms. The standard InChI is InChI=1S/C15H23N3O/c1-3-8-16-15(19)14-7-6-13(10-17-14)18-9-4-5-12(2)11-18/h6-7,10,12H,3-5,8-9,11H2,1-2H3,(H,16,19). The molecule has 0 aromatic carbocycles. The molecule has 1 aliphatic rings. The number of nitrogens with one attached hydrogen (secondary N) is 1. The number of rotatable bonds is 4. The lowest BCUT2D eigenvalue weighted by Gasteiger charge is -2.32. The molecule has 4 heteroatoms. The van der Waals surface area contributed by atoms with Crippen LogP contribution in [-0.4, -0.2) is 30.5 Å². The van der Waals surface area contributed by atoms with E-state index in [1.165, 1.54) is 12.8 Å². The molecular formula is C15H23N3O. The number of hydrogen-bond acceptors (Lipinski definition) is 3. The molecule has 0 radical (unpaired) electrons. The Bertz CT molecular complexity index is 416. The van der Waals surface area contributed by atoms with Gasteiger partial charge in [-0.05, 0) is 37.3 Å². The van der Waals surface area contributed by atoms with Gasteiger partial charge in [0.15, 0.2) is 0 Å². The van der Waals surface area contributed by atoms with Crippen LogP contribution in [0.2, 0.25) is 0 Å². The highest BCUT2D eigenvalue weighted by Gasteiger charge is 2.17. The van der Waals surface area contributed by atoms with Crippen molar-refractivity contribution in [2.45, 2.75) is 33.1 Å². The van der Waals surface area contributed by atoms with Crippen LogP contribution in [0.5, 0.6) is 0 Å². The Labute approximate surface area is 115 Å². The van der Waals surface area contributed by atoms with Gasteiger partial charge in [-0.2, -0.15) is 0 Å². The van der Waals surface area contributed by atoms with Crippen LogP contribution in [-0.2, 0) is 0 Å². The number of anilines is 1. The minimum atomic E-state index is -0.0830. The van der Waals surface area contributed by atoms with Gasteiger partial charge >= 0.3 is 0 Å². The number of pyridine rings is 1. The Morgan fingerprint density at radius 2 is 2.37 bits per heavy atom. The van der Waals surface area contributed by atoms with Crippen molar-refractivity contribution in [3.8, 4) is 0 Å². The van der Waals surface area contributed by atoms with E-state index in [1.807, 2.05) is 25.3 Å². The normalized spacial score (nSPS) is 19.3. The van der Waals surface area contributed by atoms with E-state index in [2.05, 4.69) is 22.1 Å². The summed E-state index contributed by atoms with van der Waals surface area (Å²) >= 11 is 0. The lowest BCUT2D eigenvalue weighted by molar-refractivity contribution is 0.0948. The lowest BCUT2D eigenvalue weighted by atomic mass is 10.00. The third-order valence-electron chi connectivity index (χ3n) is 3.54. The van der Waals surface area contributed by atoms with Gasteiger partial charge in [0.2, 0.25) is 0 Å². The van der Waals surface area contributed by atoms with Gasteiger partial charge in [0.1, 0.15) is 5.69 Å². The van der Waals surface area contributed by atoms with Crippen molar-refractivity contribution < 1.29 is 4.79 Å². The predicted molar refractivity (Wildman–Crippen MR) is 77.5 cm³/mol. The fraction of sp³-hybridized carbons (Fsp3) is 0.600. The van der Waals surface area contributed by atoms with Crippen LogP contribution in [0.25, 0.3) is 0 Å². The summed E-state index contributed by atoms with van der Waals surface area (Å²) < 4.78 is 0. The first-order chi connectivity index (χ1) is 9.20. The topological polar surface area (TPSA) is 45.2 Å². The van der Waals surface area contributed by atoms with Crippen LogP contribution in [0.4, 0.5) is 5.69 Å². The van der Waals surface area contributed by atoms with E-state index in [-0.39, 0.29) is 5.91 Å². The monoisotopic (exact) mass is 261 g/mol. The second kappa shape index (κ2) is 6.55. The average molecular weight is 261 g/mol. The Balaban J connectivity index is 1.99. The zero-order valence-electron chi connectivity index (χ0n) is 11.9. The van der Waals surface area contributed by atoms with Crippen molar-refractivity contribution in [2.24, 2.45) is 5.92 Å². The minimum absolute atomic E-state index is 0.0830. The minimum Gasteiger partial charge on any atom is -0.370 e. The van der Waals surface area contributed by atoms with Crippen LogP contribution in [0.3, 0.4) is 0 Å². The number of nitrogens with zero attached hydrogens (tertiary/aromatic N) is 2. The van der Waals surface area contributed by atoms with E-state index < -0.39 is 0 Å². The van der Waals surface area contributed by atoms with Gasteiger partial charge in [0, 0.05) is 19.6 Å². The van der Waals surface area contributed by atoms with E-state index in [1.54, 1.807) is 0 Å². The second-order valence-corrected chi connectivity index (χ2v) is 5.35. The first-order valence-electron chi connectivity index (χ1n) is 7.20. The molecule has 4 nitrogen and oxygen atoms in total. The third kappa shape index (κ3) is 3.69. The molecule has 1 saturated heterocycles. The average Bonchev–Trinajstić information content (AvgIpc) is 2.45. The summed E-state index contributed by atoms with van der Waals surface area (Å²) in [7, 11) is 0. The molecule has 1 N–H and O–H groups in total. The maximum absolute atomic E-state index is 11.8. The van der Waals surface area contributed by atoms with E-state index in [0.29, 0.717) is 12.2 Å². The Morgan fingerprint density at radius 3 is 3.00 bits per heavy atom. The van der Waals surface area contributed by atoms with Gasteiger partial charge in [-0.3, -0.25) is 4.79 Å². The van der Waals surface area contributed by atoms with Gasteiger partial charge in [-0.1, -0.05) is 13.8 Å². The highest BCUT2D eigenvalue weighted by molar-refractivity contribution is 5.92. The summed E-state index contributed by atoms with van der Waals surface area (Å²) in [6, 6.07) is 3.82. The summed E-state index contributed by atoms with van der Waals surface area (Å²) in [6.07, 6.45) is 5.30. The van der Waals surface area contributed by atoms with Crippen molar-refractivity contribution in [3.05, 3.63) is 24.0 Å². The van der Waals surface area contributed by atoms with E-state index in [9.17, 15) is 4.79 Å². The molecule has 1 unspecified atom stereocenters. The van der Waals surface area contributed by atoms with Gasteiger partial charge in [0.25, 0.3) is 5.91 Å². The van der Waals surface area contributed by atoms with Crippen molar-refractivity contribution >= 4 is 11.6 Å². The van der Waals surface area contributed by atoms with Gasteiger partial charge in [-0.25, -0.2) is 4.98 Å². The Morgan fingerprint density at radius 1 is 1.53 bits per heavy atom. The maximum atomic E-state index is 11.8. The van der Waals surface area contributed by atoms with Crippen molar-refractivity contribution in [3.63, 3.8) is 0 Å². The fourth-order valence-corrected chi connectivity index (χ4v) is 2.46. The van der Waals surface area contributed by atoms with Crippen molar-refractivity contribution in [1.82, 2.24) is 10.3 Å². The Kier molecular flexibility index (Phi) is 4.77. The largest absolute Gasteiger partial charge is 0.370 e. The number of aromatic nitrogens is 1. The summed E-state index contributed by atoms with van der Waals surface area (Å²) in [5.74, 6) is 0.654. The highest BCUT2D eigenvalue weighted by Crippen LogP contribution is 2.22. The predicted octanol–water partition coefficient (Wildman–Crippen LogP) is 2.46. The molecule has 1 atom stereocenters. The van der Waals surface area contributed by atoms with E-state index in [0.717, 1.165) is 31.1 Å². The molecule has 0 bridgehead atoms. The van der Waals surface area contributed by atoms with Crippen LogP contribution in [0, 0.1) is 5.92 Å². The summed E-state index contributed by atoms with van der Waals surface area (Å²) in [6.45, 7) is 7.20. The summed E-state index contributed by atoms with van der Waals surface area (Å²) in [5.41, 5.74) is 1.63. The molecule has 19 heavy (non-hydrogen) atoms. The number of hydrogen-bond donors (Lipinski definition) is 1. The Hall–Kier alpha value is -1.58. The van der Waals surface area contributed by atoms with E-state index in [4.69, 9.17) is 0 Å². The molecule has 1 fully saturated rings. The van der Waals surface area contributed by atoms with Crippen LogP contribution in [0.1, 0.15) is 43.6 Å². The van der Waals surface area contributed by atoms with Gasteiger partial charge in [-0.15, -0.1) is 0 Å². The quantitative estimate of drug-likeness (QED) is 0.905. The van der Waals surface area contributed by atoms with Crippen molar-refractivity contribution in [1.29, 1.82) is 0 Å². The maximum Gasteiger partial charge on any atom is 0.269 e. The van der Waals surface area contributed by atoms with Crippen LogP contribution in [0.15, 0.2) is 18.3 Å². The molecule has 0 saturated carbocycles.